The van der Waals surface area contributed by atoms with Crippen LogP contribution in [-0.2, 0) is 19.2 Å². The second kappa shape index (κ2) is 11.3. The SMILES string of the molecule is COc1cc(C2C3=CCC4C(=O)N(c5ccc(C(=O)c6ccccc6)cc5)C(=O)C4C3CC3(Cl)C(=O)N(CBr)C(=O)C23Cl)ccc1O. The second-order valence-electron chi connectivity index (χ2n) is 12.2. The second-order valence-corrected chi connectivity index (χ2v) is 13.9. The highest BCUT2D eigenvalue weighted by molar-refractivity contribution is 9.09. The van der Waals surface area contributed by atoms with E-state index >= 15 is 0 Å². The lowest BCUT2D eigenvalue weighted by atomic mass is 9.56. The minimum atomic E-state index is -1.97. The minimum absolute atomic E-state index is 0.126. The van der Waals surface area contributed by atoms with Gasteiger partial charge >= 0.3 is 0 Å². The zero-order chi connectivity index (χ0) is 33.4. The molecule has 12 heteroatoms. The van der Waals surface area contributed by atoms with E-state index in [-0.39, 0.29) is 35.6 Å². The number of imide groups is 2. The number of phenols is 1. The first-order chi connectivity index (χ1) is 22.5. The smallest absolute Gasteiger partial charge is 0.254 e. The van der Waals surface area contributed by atoms with Crippen molar-refractivity contribution >= 4 is 74.2 Å². The van der Waals surface area contributed by atoms with Gasteiger partial charge in [0.1, 0.15) is 0 Å². The van der Waals surface area contributed by atoms with E-state index in [9.17, 15) is 29.1 Å². The molecule has 4 amide bonds. The Morgan fingerprint density at radius 3 is 2.28 bits per heavy atom. The Morgan fingerprint density at radius 1 is 0.936 bits per heavy atom. The van der Waals surface area contributed by atoms with Crippen molar-refractivity contribution in [2.45, 2.75) is 28.5 Å². The van der Waals surface area contributed by atoms with Gasteiger partial charge in [-0.05, 0) is 60.7 Å². The average Bonchev–Trinajstić information content (AvgIpc) is 3.42. The standard InChI is InChI=1S/C35H27BrCl2N2O7/c1-47-26-15-20(9-14-25(26)41)28-22-12-13-23-27(24(22)16-34(37)32(45)39(17-36)33(46)35(28,34)38)31(44)40(30(23)43)21-10-7-19(8-11-21)29(42)18-5-3-2-4-6-18/h2-12,14-15,23-24,27-28,41H,13,16-17H2,1H3. The third-order valence-electron chi connectivity index (χ3n) is 9.98. The van der Waals surface area contributed by atoms with E-state index in [1.54, 1.807) is 54.6 Å². The van der Waals surface area contributed by atoms with E-state index in [4.69, 9.17) is 27.9 Å². The summed E-state index contributed by atoms with van der Waals surface area (Å²) in [5, 5.41) is 10.3. The number of methoxy groups -OCH3 is 1. The van der Waals surface area contributed by atoms with Crippen LogP contribution in [0.25, 0.3) is 0 Å². The summed E-state index contributed by atoms with van der Waals surface area (Å²) >= 11 is 17.7. The fourth-order valence-corrected chi connectivity index (χ4v) is 9.20. The summed E-state index contributed by atoms with van der Waals surface area (Å²) in [6.45, 7) is 0. The lowest BCUT2D eigenvalue weighted by Crippen LogP contribution is -2.60. The molecule has 1 N–H and O–H groups in total. The number of amides is 4. The molecule has 3 aromatic rings. The molecule has 4 aliphatic rings. The molecule has 0 aromatic heterocycles. The number of aromatic hydroxyl groups is 1. The summed E-state index contributed by atoms with van der Waals surface area (Å²) in [5.41, 5.74) is 2.18. The molecular formula is C35H27BrCl2N2O7. The quantitative estimate of drug-likeness (QED) is 0.116. The molecule has 2 saturated heterocycles. The number of carbonyl (C=O) groups is 5. The maximum atomic E-state index is 14.3. The van der Waals surface area contributed by atoms with Gasteiger partial charge in [0.05, 0.1) is 30.1 Å². The van der Waals surface area contributed by atoms with E-state index in [0.29, 0.717) is 28.0 Å². The Hall–Kier alpha value is -3.99. The van der Waals surface area contributed by atoms with Crippen LogP contribution in [0.4, 0.5) is 5.69 Å². The number of halogens is 3. The predicted molar refractivity (Wildman–Crippen MR) is 177 cm³/mol. The van der Waals surface area contributed by atoms with E-state index in [1.165, 1.54) is 19.2 Å². The van der Waals surface area contributed by atoms with Crippen molar-refractivity contribution in [3.63, 3.8) is 0 Å². The van der Waals surface area contributed by atoms with Crippen LogP contribution in [0.3, 0.4) is 0 Å². The Morgan fingerprint density at radius 2 is 1.62 bits per heavy atom. The van der Waals surface area contributed by atoms with Gasteiger partial charge in [-0.3, -0.25) is 33.8 Å². The Labute approximate surface area is 288 Å². The van der Waals surface area contributed by atoms with Gasteiger partial charge in [-0.2, -0.15) is 0 Å². The van der Waals surface area contributed by atoms with Crippen LogP contribution >= 0.6 is 39.1 Å². The number of hydrogen-bond acceptors (Lipinski definition) is 7. The molecule has 3 aromatic carbocycles. The molecule has 0 radical (unpaired) electrons. The van der Waals surface area contributed by atoms with Crippen LogP contribution in [0.1, 0.15) is 40.2 Å². The molecule has 6 unspecified atom stereocenters. The molecule has 1 saturated carbocycles. The molecule has 240 valence electrons. The first kappa shape index (κ1) is 31.6. The molecule has 0 bridgehead atoms. The van der Waals surface area contributed by atoms with Gasteiger partial charge in [0.2, 0.25) is 11.8 Å². The highest BCUT2D eigenvalue weighted by atomic mass is 79.9. The summed E-state index contributed by atoms with van der Waals surface area (Å²) < 4.78 is 5.34. The van der Waals surface area contributed by atoms with E-state index in [2.05, 4.69) is 15.9 Å². The van der Waals surface area contributed by atoms with Gasteiger partial charge in [0, 0.05) is 17.0 Å². The number of anilines is 1. The average molecular weight is 738 g/mol. The normalized spacial score (nSPS) is 29.7. The summed E-state index contributed by atoms with van der Waals surface area (Å²) in [6.07, 6.45) is 1.88. The van der Waals surface area contributed by atoms with Crippen LogP contribution in [-0.4, -0.2) is 61.7 Å². The number of fused-ring (bicyclic) bond motifs is 4. The zero-order valence-corrected chi connectivity index (χ0v) is 28.0. The molecule has 7 rings (SSSR count). The number of phenolic OH excluding ortho intramolecular Hbond substituents is 1. The Bertz CT molecular complexity index is 1900. The molecule has 2 aliphatic heterocycles. The number of allylic oxidation sites excluding steroid dienone is 2. The van der Waals surface area contributed by atoms with Crippen molar-refractivity contribution in [1.82, 2.24) is 4.90 Å². The van der Waals surface area contributed by atoms with E-state index in [1.807, 2.05) is 12.1 Å². The van der Waals surface area contributed by atoms with E-state index < -0.39 is 57.0 Å². The summed E-state index contributed by atoms with van der Waals surface area (Å²) in [5.74, 6) is -5.77. The molecule has 2 aliphatic carbocycles. The molecule has 3 fully saturated rings. The first-order valence-electron chi connectivity index (χ1n) is 14.9. The number of nitrogens with zero attached hydrogens (tertiary/aromatic N) is 2. The molecule has 47 heavy (non-hydrogen) atoms. The van der Waals surface area contributed by atoms with Crippen LogP contribution in [0, 0.1) is 17.8 Å². The topological polar surface area (TPSA) is 121 Å². The highest BCUT2D eigenvalue weighted by Crippen LogP contribution is 2.65. The maximum absolute atomic E-state index is 14.3. The first-order valence-corrected chi connectivity index (χ1v) is 16.8. The van der Waals surface area contributed by atoms with Crippen molar-refractivity contribution in [3.05, 3.63) is 101 Å². The van der Waals surface area contributed by atoms with Gasteiger partial charge in [-0.15, -0.1) is 23.2 Å². The summed E-state index contributed by atoms with van der Waals surface area (Å²) in [4.78, 5) is 67.1. The van der Waals surface area contributed by atoms with Crippen molar-refractivity contribution < 1.29 is 33.8 Å². The molecule has 9 nitrogen and oxygen atoms in total. The van der Waals surface area contributed by atoms with Gasteiger partial charge in [0.25, 0.3) is 11.8 Å². The number of ether oxygens (including phenoxy) is 1. The Balaban J connectivity index is 1.29. The van der Waals surface area contributed by atoms with Gasteiger partial charge in [-0.25, -0.2) is 0 Å². The number of rotatable bonds is 6. The third kappa shape index (κ3) is 4.37. The molecule has 0 spiro atoms. The summed E-state index contributed by atoms with van der Waals surface area (Å²) in [6, 6.07) is 19.6. The van der Waals surface area contributed by atoms with Crippen molar-refractivity contribution in [3.8, 4) is 11.5 Å². The van der Waals surface area contributed by atoms with Crippen LogP contribution in [0.2, 0.25) is 0 Å². The predicted octanol–water partition coefficient (Wildman–Crippen LogP) is 5.55. The maximum Gasteiger partial charge on any atom is 0.254 e. The van der Waals surface area contributed by atoms with Gasteiger partial charge in [-0.1, -0.05) is 64.0 Å². The lowest BCUT2D eigenvalue weighted by molar-refractivity contribution is -0.138. The Kier molecular flexibility index (Phi) is 7.61. The molecule has 6 atom stereocenters. The fourth-order valence-electron chi connectivity index (χ4n) is 7.77. The van der Waals surface area contributed by atoms with Crippen molar-refractivity contribution in [1.29, 1.82) is 0 Å². The van der Waals surface area contributed by atoms with E-state index in [0.717, 1.165) is 9.80 Å². The van der Waals surface area contributed by atoms with Crippen LogP contribution in [0.15, 0.2) is 84.4 Å². The summed E-state index contributed by atoms with van der Waals surface area (Å²) in [7, 11) is 1.38. The van der Waals surface area contributed by atoms with Crippen LogP contribution < -0.4 is 9.64 Å². The number of benzene rings is 3. The highest BCUT2D eigenvalue weighted by Gasteiger charge is 2.76. The molecular weight excluding hydrogens is 711 g/mol. The van der Waals surface area contributed by atoms with Crippen molar-refractivity contribution in [2.75, 3.05) is 17.5 Å². The third-order valence-corrected chi connectivity index (χ3v) is 11.9. The van der Waals surface area contributed by atoms with Gasteiger partial charge in [0.15, 0.2) is 27.0 Å². The number of ketones is 1. The lowest BCUT2D eigenvalue weighted by Gasteiger charge is -2.50. The van der Waals surface area contributed by atoms with Crippen LogP contribution in [0.5, 0.6) is 11.5 Å². The van der Waals surface area contributed by atoms with Gasteiger partial charge < -0.3 is 9.84 Å². The fraction of sp³-hybridized carbons (Fsp3) is 0.286. The number of likely N-dealkylation sites (tertiary alicyclic amines) is 1. The number of carbonyl (C=O) groups excluding carboxylic acids is 5. The minimum Gasteiger partial charge on any atom is -0.504 e. The number of hydrogen-bond donors (Lipinski definition) is 1. The largest absolute Gasteiger partial charge is 0.504 e. The monoisotopic (exact) mass is 736 g/mol. The zero-order valence-electron chi connectivity index (χ0n) is 24.9. The molecule has 2 heterocycles. The number of alkyl halides is 3. The van der Waals surface area contributed by atoms with Crippen molar-refractivity contribution in [2.24, 2.45) is 17.8 Å².